The van der Waals surface area contributed by atoms with Crippen LogP contribution < -0.4 is 24.3 Å². The Balaban J connectivity index is 2.05. The lowest BCUT2D eigenvalue weighted by Crippen LogP contribution is -2.23. The van der Waals surface area contributed by atoms with Crippen LogP contribution in [0.2, 0.25) is 0 Å². The second kappa shape index (κ2) is 10.7. The highest BCUT2D eigenvalue weighted by Gasteiger charge is 2.19. The van der Waals surface area contributed by atoms with E-state index in [0.717, 1.165) is 17.5 Å². The molecule has 1 atom stereocenters. The summed E-state index contributed by atoms with van der Waals surface area (Å²) in [6, 6.07) is 8.95. The van der Waals surface area contributed by atoms with Gasteiger partial charge in [-0.3, -0.25) is 0 Å². The maximum absolute atomic E-state index is 11.6. The number of methoxy groups -OCH3 is 4. The maximum Gasteiger partial charge on any atom is 0.203 e. The van der Waals surface area contributed by atoms with E-state index in [0.29, 0.717) is 46.7 Å². The molecule has 0 saturated heterocycles. The molecule has 0 bridgehead atoms. The molecule has 176 valence electrons. The molecule has 1 aromatic heterocycles. The third-order valence-corrected chi connectivity index (χ3v) is 5.17. The van der Waals surface area contributed by atoms with Gasteiger partial charge in [0.05, 0.1) is 57.7 Å². The van der Waals surface area contributed by atoms with E-state index in [1.54, 1.807) is 51.5 Å². The normalized spacial score (nSPS) is 11.7. The highest BCUT2D eigenvalue weighted by atomic mass is 16.5. The first-order valence-electron chi connectivity index (χ1n) is 10.6. The molecule has 1 N–H and O–H groups in total. The van der Waals surface area contributed by atoms with E-state index in [1.807, 2.05) is 18.2 Å². The van der Waals surface area contributed by atoms with Crippen molar-refractivity contribution in [1.29, 1.82) is 0 Å². The highest BCUT2D eigenvalue weighted by molar-refractivity contribution is 5.74. The zero-order chi connectivity index (χ0) is 24.0. The summed E-state index contributed by atoms with van der Waals surface area (Å²) in [5.41, 5.74) is 2.98. The number of nitrogens with one attached hydrogen (secondary N) is 1. The number of ether oxygens (including phenoxy) is 4. The number of hydrogen-bond donors (Lipinski definition) is 1. The predicted octanol–water partition coefficient (Wildman–Crippen LogP) is 3.99. The summed E-state index contributed by atoms with van der Waals surface area (Å²) in [4.78, 5) is 11.6. The van der Waals surface area contributed by atoms with Gasteiger partial charge in [-0.1, -0.05) is 19.1 Å². The fourth-order valence-corrected chi connectivity index (χ4v) is 3.65. The average Bonchev–Trinajstić information content (AvgIpc) is 3.32. The first kappa shape index (κ1) is 23.9. The molecular formula is C24H30N4O5. The third-order valence-electron chi connectivity index (χ3n) is 5.17. The van der Waals surface area contributed by atoms with Crippen LogP contribution in [0.5, 0.6) is 23.0 Å². The Hall–Kier alpha value is -3.75. The van der Waals surface area contributed by atoms with Crippen molar-refractivity contribution in [2.45, 2.75) is 26.3 Å². The van der Waals surface area contributed by atoms with E-state index >= 15 is 0 Å². The van der Waals surface area contributed by atoms with Crippen molar-refractivity contribution in [3.8, 4) is 39.9 Å². The molecule has 1 unspecified atom stereocenters. The molecule has 0 aliphatic rings. The Morgan fingerprint density at radius 1 is 0.970 bits per heavy atom. The van der Waals surface area contributed by atoms with Crippen LogP contribution in [-0.2, 0) is 4.79 Å². The van der Waals surface area contributed by atoms with Gasteiger partial charge in [-0.25, -0.2) is 4.68 Å². The Morgan fingerprint density at radius 3 is 2.18 bits per heavy atom. The van der Waals surface area contributed by atoms with Crippen molar-refractivity contribution >= 4 is 12.0 Å². The summed E-state index contributed by atoms with van der Waals surface area (Å²) in [6.45, 7) is 4.15. The van der Waals surface area contributed by atoms with Crippen LogP contribution in [0.25, 0.3) is 16.9 Å². The minimum absolute atomic E-state index is 0.327. The van der Waals surface area contributed by atoms with Crippen molar-refractivity contribution in [2.24, 2.45) is 5.92 Å². The second-order valence-corrected chi connectivity index (χ2v) is 7.85. The Morgan fingerprint density at radius 2 is 1.64 bits per heavy atom. The lowest BCUT2D eigenvalue weighted by Gasteiger charge is -2.19. The van der Waals surface area contributed by atoms with Gasteiger partial charge in [0.15, 0.2) is 11.5 Å². The van der Waals surface area contributed by atoms with Crippen LogP contribution in [-0.4, -0.2) is 55.8 Å². The molecule has 0 aliphatic heterocycles. The van der Waals surface area contributed by atoms with Gasteiger partial charge in [0.1, 0.15) is 12.0 Å². The molecule has 33 heavy (non-hydrogen) atoms. The number of hydrogen-bond acceptors (Lipinski definition) is 8. The van der Waals surface area contributed by atoms with Gasteiger partial charge in [-0.2, -0.15) is 0 Å². The van der Waals surface area contributed by atoms with Crippen LogP contribution in [0.1, 0.15) is 20.3 Å². The Bertz CT molecular complexity index is 1070. The SMILES string of the molecule is COc1ccc(-c2cnnn2-c2cc(OC)c(OC)c(OC)c2)cc1NC(C=O)CC(C)C. The highest BCUT2D eigenvalue weighted by Crippen LogP contribution is 2.40. The largest absolute Gasteiger partial charge is 0.495 e. The van der Waals surface area contributed by atoms with Crippen LogP contribution in [0, 0.1) is 5.92 Å². The number of benzene rings is 2. The number of rotatable bonds is 11. The molecule has 3 rings (SSSR count). The van der Waals surface area contributed by atoms with Gasteiger partial charge < -0.3 is 29.1 Å². The molecule has 0 saturated carbocycles. The predicted molar refractivity (Wildman–Crippen MR) is 126 cm³/mol. The fraction of sp³-hybridized carbons (Fsp3) is 0.375. The molecule has 2 aromatic carbocycles. The van der Waals surface area contributed by atoms with E-state index in [1.165, 1.54) is 0 Å². The lowest BCUT2D eigenvalue weighted by molar-refractivity contribution is -0.108. The van der Waals surface area contributed by atoms with E-state index in [4.69, 9.17) is 18.9 Å². The van der Waals surface area contributed by atoms with E-state index in [2.05, 4.69) is 29.5 Å². The molecule has 9 heteroatoms. The van der Waals surface area contributed by atoms with Crippen molar-refractivity contribution < 1.29 is 23.7 Å². The van der Waals surface area contributed by atoms with Gasteiger partial charge in [0.2, 0.25) is 5.75 Å². The molecule has 0 aliphatic carbocycles. The first-order chi connectivity index (χ1) is 15.9. The molecule has 3 aromatic rings. The summed E-state index contributed by atoms with van der Waals surface area (Å²) in [5, 5.41) is 11.7. The van der Waals surface area contributed by atoms with E-state index in [9.17, 15) is 4.79 Å². The van der Waals surface area contributed by atoms with Crippen molar-refractivity contribution in [3.05, 3.63) is 36.5 Å². The smallest absolute Gasteiger partial charge is 0.203 e. The number of anilines is 1. The van der Waals surface area contributed by atoms with Crippen molar-refractivity contribution in [1.82, 2.24) is 15.0 Å². The number of aldehydes is 1. The van der Waals surface area contributed by atoms with Crippen LogP contribution in [0.4, 0.5) is 5.69 Å². The molecular weight excluding hydrogens is 424 g/mol. The topological polar surface area (TPSA) is 96.7 Å². The third kappa shape index (κ3) is 5.19. The number of carbonyl (C=O) groups is 1. The summed E-state index contributed by atoms with van der Waals surface area (Å²) in [7, 11) is 6.27. The standard InChI is InChI=1S/C24H30N4O5/c1-15(2)9-17(14-29)26-19-10-16(7-8-21(19)30-3)20-13-25-27-28(20)18-11-22(31-4)24(33-6)23(12-18)32-5/h7-8,10-15,17,26H,9H2,1-6H3. The van der Waals surface area contributed by atoms with Gasteiger partial charge in [0.25, 0.3) is 0 Å². The molecule has 0 radical (unpaired) electrons. The van der Waals surface area contributed by atoms with Gasteiger partial charge in [0, 0.05) is 17.7 Å². The number of carbonyl (C=O) groups excluding carboxylic acids is 1. The zero-order valence-electron chi connectivity index (χ0n) is 19.8. The molecule has 0 fully saturated rings. The fourth-order valence-electron chi connectivity index (χ4n) is 3.65. The summed E-state index contributed by atoms with van der Waals surface area (Å²) >= 11 is 0. The van der Waals surface area contributed by atoms with Gasteiger partial charge in [-0.15, -0.1) is 5.10 Å². The Labute approximate surface area is 193 Å². The first-order valence-corrected chi connectivity index (χ1v) is 10.6. The summed E-state index contributed by atoms with van der Waals surface area (Å²) in [5.74, 6) is 2.51. The van der Waals surface area contributed by atoms with Gasteiger partial charge in [-0.05, 0) is 30.5 Å². The molecule has 1 heterocycles. The van der Waals surface area contributed by atoms with E-state index in [-0.39, 0.29) is 6.04 Å². The van der Waals surface area contributed by atoms with Crippen molar-refractivity contribution in [2.75, 3.05) is 33.8 Å². The van der Waals surface area contributed by atoms with Crippen molar-refractivity contribution in [3.63, 3.8) is 0 Å². The van der Waals surface area contributed by atoms with Gasteiger partial charge >= 0.3 is 0 Å². The maximum atomic E-state index is 11.6. The minimum Gasteiger partial charge on any atom is -0.495 e. The summed E-state index contributed by atoms with van der Waals surface area (Å²) in [6.07, 6.45) is 3.30. The van der Waals surface area contributed by atoms with Crippen LogP contribution in [0.3, 0.4) is 0 Å². The molecule has 9 nitrogen and oxygen atoms in total. The zero-order valence-corrected chi connectivity index (χ0v) is 19.8. The average molecular weight is 455 g/mol. The lowest BCUT2D eigenvalue weighted by atomic mass is 10.0. The number of nitrogens with zero attached hydrogens (tertiary/aromatic N) is 3. The minimum atomic E-state index is -0.327. The van der Waals surface area contributed by atoms with Crippen LogP contribution >= 0.6 is 0 Å². The second-order valence-electron chi connectivity index (χ2n) is 7.85. The quantitative estimate of drug-likeness (QED) is 0.435. The molecule has 0 spiro atoms. The Kier molecular flexibility index (Phi) is 7.76. The molecule has 0 amide bonds. The monoisotopic (exact) mass is 454 g/mol. The van der Waals surface area contributed by atoms with E-state index < -0.39 is 0 Å². The number of aromatic nitrogens is 3. The van der Waals surface area contributed by atoms with Crippen LogP contribution in [0.15, 0.2) is 36.5 Å². The summed E-state index contributed by atoms with van der Waals surface area (Å²) < 4.78 is 23.6.